The van der Waals surface area contributed by atoms with Crippen molar-refractivity contribution in [2.75, 3.05) is 33.3 Å². The van der Waals surface area contributed by atoms with Gasteiger partial charge in [-0.15, -0.1) is 24.8 Å². The Morgan fingerprint density at radius 3 is 2.33 bits per heavy atom. The van der Waals surface area contributed by atoms with Gasteiger partial charge in [-0.05, 0) is 12.1 Å². The normalized spacial score (nSPS) is 16.3. The van der Waals surface area contributed by atoms with Crippen LogP contribution in [0.2, 0.25) is 0 Å². The van der Waals surface area contributed by atoms with Gasteiger partial charge in [0.15, 0.2) is 11.5 Å². The number of piperazine rings is 1. The molecule has 0 spiro atoms. The highest BCUT2D eigenvalue weighted by Gasteiger charge is 2.47. The van der Waals surface area contributed by atoms with E-state index in [2.05, 4.69) is 5.32 Å². The van der Waals surface area contributed by atoms with Crippen molar-refractivity contribution in [2.24, 2.45) is 0 Å². The number of nitrogens with zero attached hydrogens (tertiary/aromatic N) is 2. The van der Waals surface area contributed by atoms with Crippen LogP contribution >= 0.6 is 24.8 Å². The Balaban J connectivity index is 0.00000264. The summed E-state index contributed by atoms with van der Waals surface area (Å²) in [5, 5.41) is 22.2. The van der Waals surface area contributed by atoms with Gasteiger partial charge in [-0.2, -0.15) is 18.4 Å². The van der Waals surface area contributed by atoms with Gasteiger partial charge in [0.2, 0.25) is 0 Å². The SMILES string of the molecule is COc1ccc(C#N)c([C@@H](N2CCNCC2)C(F)(F)F)c1O.Cl.Cl. The van der Waals surface area contributed by atoms with E-state index in [9.17, 15) is 18.3 Å². The number of rotatable bonds is 3. The van der Waals surface area contributed by atoms with Gasteiger partial charge in [0, 0.05) is 31.7 Å². The average molecular weight is 388 g/mol. The van der Waals surface area contributed by atoms with Crippen LogP contribution in [0.1, 0.15) is 17.2 Å². The van der Waals surface area contributed by atoms with Crippen LogP contribution in [0, 0.1) is 11.3 Å². The van der Waals surface area contributed by atoms with Crippen LogP contribution in [-0.2, 0) is 0 Å². The minimum atomic E-state index is -4.62. The molecule has 1 aromatic rings. The number of ether oxygens (including phenoxy) is 1. The number of halogens is 5. The molecule has 1 saturated heterocycles. The molecule has 0 saturated carbocycles. The highest BCUT2D eigenvalue weighted by molar-refractivity contribution is 5.85. The maximum atomic E-state index is 13.6. The molecule has 136 valence electrons. The van der Waals surface area contributed by atoms with Gasteiger partial charge in [-0.1, -0.05) is 0 Å². The van der Waals surface area contributed by atoms with Crippen molar-refractivity contribution in [1.29, 1.82) is 5.26 Å². The molecular formula is C14H18Cl2F3N3O2. The third kappa shape index (κ3) is 4.57. The van der Waals surface area contributed by atoms with Crippen LogP contribution in [0.15, 0.2) is 12.1 Å². The summed E-state index contributed by atoms with van der Waals surface area (Å²) < 4.78 is 45.7. The predicted octanol–water partition coefficient (Wildman–Crippen LogP) is 2.62. The third-order valence-corrected chi connectivity index (χ3v) is 3.62. The topological polar surface area (TPSA) is 68.5 Å². The minimum Gasteiger partial charge on any atom is -0.504 e. The van der Waals surface area contributed by atoms with Crippen LogP contribution in [0.25, 0.3) is 0 Å². The molecule has 2 rings (SSSR count). The molecule has 0 unspecified atom stereocenters. The molecule has 0 radical (unpaired) electrons. The van der Waals surface area contributed by atoms with Crippen molar-refractivity contribution in [3.63, 3.8) is 0 Å². The van der Waals surface area contributed by atoms with E-state index in [0.29, 0.717) is 13.1 Å². The summed E-state index contributed by atoms with van der Waals surface area (Å²) in [7, 11) is 1.25. The van der Waals surface area contributed by atoms with E-state index in [-0.39, 0.29) is 49.2 Å². The summed E-state index contributed by atoms with van der Waals surface area (Å²) in [5.41, 5.74) is -0.657. The maximum absolute atomic E-state index is 13.6. The van der Waals surface area contributed by atoms with E-state index in [4.69, 9.17) is 10.00 Å². The second-order valence-corrected chi connectivity index (χ2v) is 4.92. The Morgan fingerprint density at radius 2 is 1.88 bits per heavy atom. The number of nitrogens with one attached hydrogen (secondary N) is 1. The fraction of sp³-hybridized carbons (Fsp3) is 0.500. The van der Waals surface area contributed by atoms with Crippen molar-refractivity contribution >= 4 is 24.8 Å². The summed E-state index contributed by atoms with van der Waals surface area (Å²) in [6, 6.07) is 2.19. The largest absolute Gasteiger partial charge is 0.504 e. The number of phenols is 1. The molecule has 2 N–H and O–H groups in total. The maximum Gasteiger partial charge on any atom is 0.408 e. The molecule has 1 aliphatic heterocycles. The monoisotopic (exact) mass is 387 g/mol. The smallest absolute Gasteiger partial charge is 0.408 e. The van der Waals surface area contributed by atoms with E-state index >= 15 is 0 Å². The molecule has 1 aliphatic rings. The van der Waals surface area contributed by atoms with Crippen LogP contribution < -0.4 is 10.1 Å². The summed E-state index contributed by atoms with van der Waals surface area (Å²) in [5.74, 6) is -0.721. The minimum absolute atomic E-state index is 0. The molecule has 0 aromatic heterocycles. The van der Waals surface area contributed by atoms with Gasteiger partial charge in [0.05, 0.1) is 18.7 Å². The van der Waals surface area contributed by atoms with Gasteiger partial charge in [-0.25, -0.2) is 0 Å². The highest BCUT2D eigenvalue weighted by atomic mass is 35.5. The first-order valence-electron chi connectivity index (χ1n) is 6.71. The Kier molecular flexibility index (Phi) is 8.64. The van der Waals surface area contributed by atoms with Crippen molar-refractivity contribution in [1.82, 2.24) is 10.2 Å². The third-order valence-electron chi connectivity index (χ3n) is 3.62. The molecule has 1 aromatic carbocycles. The van der Waals surface area contributed by atoms with Crippen LogP contribution in [0.4, 0.5) is 13.2 Å². The van der Waals surface area contributed by atoms with Crippen LogP contribution in [0.3, 0.4) is 0 Å². The molecular weight excluding hydrogens is 370 g/mol. The zero-order chi connectivity index (χ0) is 16.3. The second-order valence-electron chi connectivity index (χ2n) is 4.92. The van der Waals surface area contributed by atoms with E-state index in [1.807, 2.05) is 0 Å². The summed E-state index contributed by atoms with van der Waals surface area (Å²) in [4.78, 5) is 1.21. The number of hydrogen-bond acceptors (Lipinski definition) is 5. The summed E-state index contributed by atoms with van der Waals surface area (Å²) >= 11 is 0. The van der Waals surface area contributed by atoms with Gasteiger partial charge in [0.1, 0.15) is 6.04 Å². The Morgan fingerprint density at radius 1 is 1.29 bits per heavy atom. The number of alkyl halides is 3. The molecule has 0 bridgehead atoms. The van der Waals surface area contributed by atoms with E-state index < -0.39 is 23.5 Å². The second kappa shape index (κ2) is 9.18. The number of phenolic OH excluding ortho intramolecular Hbond substituents is 1. The first-order chi connectivity index (χ1) is 10.4. The molecule has 10 heteroatoms. The lowest BCUT2D eigenvalue weighted by Gasteiger charge is -2.36. The standard InChI is InChI=1S/C14H16F3N3O2.2ClH/c1-22-10-3-2-9(8-18)11(12(10)21)13(14(15,16)17)20-6-4-19-5-7-20;;/h2-3,13,19,21H,4-7H2,1H3;2*1H/t13-;;/m1../s1. The molecule has 1 heterocycles. The Hall–Kier alpha value is -1.40. The van der Waals surface area contributed by atoms with Gasteiger partial charge >= 0.3 is 6.18 Å². The van der Waals surface area contributed by atoms with Crippen molar-refractivity contribution < 1.29 is 23.0 Å². The number of hydrogen-bond donors (Lipinski definition) is 2. The lowest BCUT2D eigenvalue weighted by Crippen LogP contribution is -2.49. The predicted molar refractivity (Wildman–Crippen MR) is 87.1 cm³/mol. The zero-order valence-electron chi connectivity index (χ0n) is 12.8. The number of benzene rings is 1. The number of aromatic hydroxyl groups is 1. The summed E-state index contributed by atoms with van der Waals surface area (Å²) in [6.07, 6.45) is -4.62. The van der Waals surface area contributed by atoms with Gasteiger partial charge in [-0.3, -0.25) is 4.90 Å². The zero-order valence-corrected chi connectivity index (χ0v) is 14.4. The quantitative estimate of drug-likeness (QED) is 0.834. The molecule has 0 aliphatic carbocycles. The lowest BCUT2D eigenvalue weighted by molar-refractivity contribution is -0.188. The van der Waals surface area contributed by atoms with Crippen LogP contribution in [-0.4, -0.2) is 49.5 Å². The van der Waals surface area contributed by atoms with Crippen LogP contribution in [0.5, 0.6) is 11.5 Å². The fourth-order valence-corrected chi connectivity index (χ4v) is 2.62. The molecule has 1 fully saturated rings. The first-order valence-corrected chi connectivity index (χ1v) is 6.71. The highest BCUT2D eigenvalue weighted by Crippen LogP contribution is 2.45. The van der Waals surface area contributed by atoms with E-state index in [1.54, 1.807) is 6.07 Å². The average Bonchev–Trinajstić information content (AvgIpc) is 2.49. The summed E-state index contributed by atoms with van der Waals surface area (Å²) in [6.45, 7) is 1.18. The molecule has 24 heavy (non-hydrogen) atoms. The van der Waals surface area contributed by atoms with Crippen molar-refractivity contribution in [3.05, 3.63) is 23.3 Å². The molecule has 1 atom stereocenters. The Labute approximate surface area is 150 Å². The number of nitriles is 1. The first kappa shape index (κ1) is 22.6. The van der Waals surface area contributed by atoms with Gasteiger partial charge < -0.3 is 15.2 Å². The Bertz CT molecular complexity index is 588. The lowest BCUT2D eigenvalue weighted by atomic mass is 9.96. The fourth-order valence-electron chi connectivity index (χ4n) is 2.62. The van der Waals surface area contributed by atoms with Crippen molar-refractivity contribution in [2.45, 2.75) is 12.2 Å². The van der Waals surface area contributed by atoms with Gasteiger partial charge in [0.25, 0.3) is 0 Å². The molecule has 0 amide bonds. The van der Waals surface area contributed by atoms with E-state index in [0.717, 1.165) is 0 Å². The van der Waals surface area contributed by atoms with Crippen molar-refractivity contribution in [3.8, 4) is 17.6 Å². The van der Waals surface area contributed by atoms with E-state index in [1.165, 1.54) is 24.1 Å². The molecule has 5 nitrogen and oxygen atoms in total. The number of methoxy groups -OCH3 is 1.